The molecule has 1 aromatic heterocycles. The molecule has 2 N–H and O–H groups in total. The molecule has 0 aliphatic carbocycles. The third-order valence-electron chi connectivity index (χ3n) is 2.61. The van der Waals surface area contributed by atoms with Crippen molar-refractivity contribution in [3.63, 3.8) is 0 Å². The van der Waals surface area contributed by atoms with Crippen molar-refractivity contribution in [3.8, 4) is 0 Å². The van der Waals surface area contributed by atoms with Crippen LogP contribution in [-0.4, -0.2) is 35.4 Å². The lowest BCUT2D eigenvalue weighted by Gasteiger charge is -2.20. The molecule has 1 aliphatic rings. The van der Waals surface area contributed by atoms with Crippen LogP contribution in [0.3, 0.4) is 0 Å². The highest BCUT2D eigenvalue weighted by atomic mass is 19.1. The van der Waals surface area contributed by atoms with Gasteiger partial charge in [0.05, 0.1) is 5.69 Å². The Labute approximate surface area is 81.8 Å². The van der Waals surface area contributed by atoms with Gasteiger partial charge < -0.3 is 10.3 Å². The van der Waals surface area contributed by atoms with Gasteiger partial charge in [-0.25, -0.2) is 4.39 Å². The summed E-state index contributed by atoms with van der Waals surface area (Å²) in [7, 11) is 0. The van der Waals surface area contributed by atoms with E-state index in [1.54, 1.807) is 6.07 Å². The average Bonchev–Trinajstić information content (AvgIpc) is 2.76. The van der Waals surface area contributed by atoms with Crippen LogP contribution in [0.1, 0.15) is 12.1 Å². The van der Waals surface area contributed by atoms with Gasteiger partial charge in [0.25, 0.3) is 0 Å². The quantitative estimate of drug-likeness (QED) is 0.772. The molecule has 78 valence electrons. The second kappa shape index (κ2) is 4.06. The second-order valence-corrected chi connectivity index (χ2v) is 3.64. The number of aromatic nitrogens is 1. The van der Waals surface area contributed by atoms with E-state index in [1.807, 2.05) is 4.90 Å². The van der Waals surface area contributed by atoms with Crippen molar-refractivity contribution in [2.75, 3.05) is 13.1 Å². The van der Waals surface area contributed by atoms with E-state index in [4.69, 9.17) is 10.3 Å². The molecule has 2 rings (SSSR count). The minimum absolute atomic E-state index is 0.140. The number of halogens is 1. The predicted molar refractivity (Wildman–Crippen MR) is 49.3 cm³/mol. The van der Waals surface area contributed by atoms with Gasteiger partial charge in [0.15, 0.2) is 0 Å². The fourth-order valence-electron chi connectivity index (χ4n) is 1.89. The first-order valence-corrected chi connectivity index (χ1v) is 4.77. The highest BCUT2D eigenvalue weighted by Gasteiger charge is 2.31. The Morgan fingerprint density at radius 2 is 2.57 bits per heavy atom. The maximum absolute atomic E-state index is 13.1. The Morgan fingerprint density at radius 3 is 3.21 bits per heavy atom. The third kappa shape index (κ3) is 1.93. The zero-order chi connectivity index (χ0) is 9.97. The fraction of sp³-hybridized carbons (Fsp3) is 0.667. The summed E-state index contributed by atoms with van der Waals surface area (Å²) in [4.78, 5) is 2.02. The van der Waals surface area contributed by atoms with E-state index in [2.05, 4.69) is 5.16 Å². The monoisotopic (exact) mass is 199 g/mol. The van der Waals surface area contributed by atoms with Crippen LogP contribution in [0.5, 0.6) is 0 Å². The lowest BCUT2D eigenvalue weighted by atomic mass is 10.2. The second-order valence-electron chi connectivity index (χ2n) is 3.64. The molecule has 0 spiro atoms. The third-order valence-corrected chi connectivity index (χ3v) is 2.61. The Balaban J connectivity index is 1.97. The van der Waals surface area contributed by atoms with Crippen molar-refractivity contribution >= 4 is 0 Å². The average molecular weight is 199 g/mol. The van der Waals surface area contributed by atoms with Gasteiger partial charge in [0.2, 0.25) is 0 Å². The summed E-state index contributed by atoms with van der Waals surface area (Å²) in [6, 6.07) is 1.93. The van der Waals surface area contributed by atoms with Crippen molar-refractivity contribution < 1.29 is 8.91 Å². The van der Waals surface area contributed by atoms with Gasteiger partial charge in [0.1, 0.15) is 12.4 Å². The first-order valence-electron chi connectivity index (χ1n) is 4.77. The van der Waals surface area contributed by atoms with Gasteiger partial charge in [-0.1, -0.05) is 5.16 Å². The number of nitrogens with two attached hydrogens (primary N) is 1. The molecular weight excluding hydrogens is 185 g/mol. The minimum atomic E-state index is -0.754. The highest BCUT2D eigenvalue weighted by molar-refractivity contribution is 4.98. The lowest BCUT2D eigenvalue weighted by molar-refractivity contribution is 0.231. The number of rotatable bonds is 3. The number of alkyl halides is 1. The van der Waals surface area contributed by atoms with Crippen LogP contribution < -0.4 is 5.73 Å². The fourth-order valence-corrected chi connectivity index (χ4v) is 1.89. The zero-order valence-corrected chi connectivity index (χ0v) is 7.90. The van der Waals surface area contributed by atoms with Crippen molar-refractivity contribution in [3.05, 3.63) is 18.0 Å². The van der Waals surface area contributed by atoms with Crippen molar-refractivity contribution in [2.45, 2.75) is 25.2 Å². The molecule has 0 bridgehead atoms. The molecule has 4 nitrogen and oxygen atoms in total. The Kier molecular flexibility index (Phi) is 2.79. The van der Waals surface area contributed by atoms with E-state index >= 15 is 0 Å². The molecule has 1 fully saturated rings. The van der Waals surface area contributed by atoms with Gasteiger partial charge in [-0.3, -0.25) is 4.90 Å². The summed E-state index contributed by atoms with van der Waals surface area (Å²) >= 11 is 0. The summed E-state index contributed by atoms with van der Waals surface area (Å²) < 4.78 is 17.8. The molecule has 0 radical (unpaired) electrons. The Hall–Kier alpha value is -0.940. The van der Waals surface area contributed by atoms with E-state index in [9.17, 15) is 4.39 Å². The van der Waals surface area contributed by atoms with Crippen LogP contribution in [0.15, 0.2) is 16.9 Å². The number of likely N-dealkylation sites (tertiary alicyclic amines) is 1. The first-order chi connectivity index (χ1) is 6.79. The Bertz CT molecular complexity index is 278. The van der Waals surface area contributed by atoms with E-state index in [0.717, 1.165) is 5.69 Å². The van der Waals surface area contributed by atoms with E-state index in [1.165, 1.54) is 6.26 Å². The van der Waals surface area contributed by atoms with Crippen LogP contribution in [0, 0.1) is 0 Å². The molecule has 1 aliphatic heterocycles. The maximum Gasteiger partial charge on any atom is 0.124 e. The highest BCUT2D eigenvalue weighted by Crippen LogP contribution is 2.21. The first kappa shape index (κ1) is 9.61. The predicted octanol–water partition coefficient (Wildman–Crippen LogP) is 0.546. The molecule has 2 heterocycles. The van der Waals surface area contributed by atoms with Crippen molar-refractivity contribution in [1.29, 1.82) is 0 Å². The summed E-state index contributed by atoms with van der Waals surface area (Å²) in [6.07, 6.45) is 1.31. The van der Waals surface area contributed by atoms with Gasteiger partial charge in [-0.15, -0.1) is 0 Å². The standard InChI is InChI=1S/C9H14FN3O/c10-7-3-9(4-11)13(5-7)6-8-1-2-14-12-8/h1-2,7,9H,3-6,11H2/t7-,9-/m0/s1. The molecular formula is C9H14FN3O. The van der Waals surface area contributed by atoms with Crippen LogP contribution in [0.25, 0.3) is 0 Å². The molecule has 1 aromatic rings. The summed E-state index contributed by atoms with van der Waals surface area (Å²) in [6.45, 7) is 1.58. The summed E-state index contributed by atoms with van der Waals surface area (Å²) in [5.74, 6) is 0. The van der Waals surface area contributed by atoms with Gasteiger partial charge in [-0.05, 0) is 6.42 Å². The number of hydrogen-bond donors (Lipinski definition) is 1. The Morgan fingerprint density at radius 1 is 1.71 bits per heavy atom. The van der Waals surface area contributed by atoms with Gasteiger partial charge in [-0.2, -0.15) is 0 Å². The zero-order valence-electron chi connectivity index (χ0n) is 7.90. The number of nitrogens with zero attached hydrogens (tertiary/aromatic N) is 2. The normalized spacial score (nSPS) is 28.4. The molecule has 1 saturated heterocycles. The molecule has 0 unspecified atom stereocenters. The van der Waals surface area contributed by atoms with Crippen molar-refractivity contribution in [2.24, 2.45) is 5.73 Å². The molecule has 0 amide bonds. The largest absolute Gasteiger partial charge is 0.364 e. The summed E-state index contributed by atoms with van der Waals surface area (Å²) in [5, 5.41) is 3.79. The van der Waals surface area contributed by atoms with Crippen LogP contribution >= 0.6 is 0 Å². The minimum Gasteiger partial charge on any atom is -0.364 e. The van der Waals surface area contributed by atoms with Crippen LogP contribution in [-0.2, 0) is 6.54 Å². The van der Waals surface area contributed by atoms with E-state index < -0.39 is 6.17 Å². The van der Waals surface area contributed by atoms with Crippen LogP contribution in [0.4, 0.5) is 4.39 Å². The molecule has 2 atom stereocenters. The lowest BCUT2D eigenvalue weighted by Crippen LogP contribution is -2.34. The van der Waals surface area contributed by atoms with Crippen molar-refractivity contribution in [1.82, 2.24) is 10.1 Å². The summed E-state index contributed by atoms with van der Waals surface area (Å²) in [5.41, 5.74) is 6.39. The van der Waals surface area contributed by atoms with Gasteiger partial charge >= 0.3 is 0 Å². The molecule has 0 saturated carbocycles. The molecule has 14 heavy (non-hydrogen) atoms. The SMILES string of the molecule is NC[C@@H]1C[C@H](F)CN1Cc1ccon1. The van der Waals surface area contributed by atoms with Gasteiger partial charge in [0, 0.05) is 31.7 Å². The smallest absolute Gasteiger partial charge is 0.124 e. The van der Waals surface area contributed by atoms with E-state index in [0.29, 0.717) is 26.1 Å². The maximum atomic E-state index is 13.1. The molecule has 0 aromatic carbocycles. The van der Waals surface area contributed by atoms with Crippen LogP contribution in [0.2, 0.25) is 0 Å². The molecule has 5 heteroatoms. The van der Waals surface area contributed by atoms with E-state index in [-0.39, 0.29) is 6.04 Å². The number of hydrogen-bond acceptors (Lipinski definition) is 4. The topological polar surface area (TPSA) is 55.3 Å².